The molecule has 0 aliphatic carbocycles. The zero-order valence-corrected chi connectivity index (χ0v) is 20.7. The van der Waals surface area contributed by atoms with Crippen molar-refractivity contribution < 1.29 is 33.6 Å². The Labute approximate surface area is 207 Å². The Kier molecular flexibility index (Phi) is 15.3. The van der Waals surface area contributed by atoms with Crippen LogP contribution < -0.4 is 27.0 Å². The van der Waals surface area contributed by atoms with Crippen LogP contribution in [0.3, 0.4) is 0 Å². The van der Waals surface area contributed by atoms with Crippen LogP contribution >= 0.6 is 25.3 Å². The molecule has 0 rings (SSSR count). The van der Waals surface area contributed by atoms with Gasteiger partial charge in [0.2, 0.25) is 35.4 Å². The van der Waals surface area contributed by atoms with Gasteiger partial charge < -0.3 is 41.6 Å². The van der Waals surface area contributed by atoms with Crippen molar-refractivity contribution >= 4 is 67.0 Å². The molecular formula is C18H31N7O7S2. The number of amides is 6. The van der Waals surface area contributed by atoms with Crippen LogP contribution in [-0.2, 0) is 33.6 Å². The summed E-state index contributed by atoms with van der Waals surface area (Å²) in [5.41, 5.74) is 5.24. The van der Waals surface area contributed by atoms with Gasteiger partial charge in [-0.15, -0.1) is 0 Å². The molecule has 0 radical (unpaired) electrons. The van der Waals surface area contributed by atoms with Gasteiger partial charge in [-0.25, -0.2) is 0 Å². The number of carbonyl (C=O) groups excluding carboxylic acids is 7. The SMILES string of the molecule is CC(=O)NCN(CC=O)C(=O)C(CS)NC(=O)CN(CNC(C)=O)C(=O)C(CS)NC(=O)CN. The highest BCUT2D eigenvalue weighted by Gasteiger charge is 2.29. The number of aldehydes is 1. The Bertz CT molecular complexity index is 769. The van der Waals surface area contributed by atoms with Crippen molar-refractivity contribution in [3.05, 3.63) is 0 Å². The van der Waals surface area contributed by atoms with Gasteiger partial charge in [0.15, 0.2) is 0 Å². The fourth-order valence-electron chi connectivity index (χ4n) is 2.43. The third-order valence-corrected chi connectivity index (χ3v) is 4.84. The zero-order valence-electron chi connectivity index (χ0n) is 18.9. The number of hydrogen-bond acceptors (Lipinski definition) is 10. The Morgan fingerprint density at radius 2 is 1.26 bits per heavy atom. The van der Waals surface area contributed by atoms with Crippen molar-refractivity contribution in [3.8, 4) is 0 Å². The van der Waals surface area contributed by atoms with Crippen molar-refractivity contribution in [2.75, 3.05) is 44.5 Å². The molecular weight excluding hydrogens is 490 g/mol. The molecule has 2 atom stereocenters. The number of carbonyl (C=O) groups is 7. The van der Waals surface area contributed by atoms with Crippen molar-refractivity contribution in [2.45, 2.75) is 25.9 Å². The highest BCUT2D eigenvalue weighted by Crippen LogP contribution is 2.01. The molecule has 0 saturated carbocycles. The number of nitrogens with one attached hydrogen (secondary N) is 4. The highest BCUT2D eigenvalue weighted by atomic mass is 32.1. The molecule has 0 aromatic carbocycles. The summed E-state index contributed by atoms with van der Waals surface area (Å²) in [5, 5.41) is 9.54. The lowest BCUT2D eigenvalue weighted by molar-refractivity contribution is -0.141. The number of rotatable bonds is 15. The molecule has 0 heterocycles. The topological polar surface area (TPSA) is 200 Å². The summed E-state index contributed by atoms with van der Waals surface area (Å²) in [6, 6.07) is -2.30. The minimum atomic E-state index is -1.18. The van der Waals surface area contributed by atoms with Gasteiger partial charge in [-0.2, -0.15) is 25.3 Å². The predicted molar refractivity (Wildman–Crippen MR) is 127 cm³/mol. The summed E-state index contributed by atoms with van der Waals surface area (Å²) in [6.45, 7) is 0.534. The maximum Gasteiger partial charge on any atom is 0.247 e. The smallest absolute Gasteiger partial charge is 0.247 e. The molecule has 2 unspecified atom stereocenters. The van der Waals surface area contributed by atoms with Crippen LogP contribution in [0.25, 0.3) is 0 Å². The summed E-state index contributed by atoms with van der Waals surface area (Å²) in [7, 11) is 0. The van der Waals surface area contributed by atoms with E-state index in [0.717, 1.165) is 9.80 Å². The highest BCUT2D eigenvalue weighted by molar-refractivity contribution is 7.80. The van der Waals surface area contributed by atoms with E-state index < -0.39 is 54.1 Å². The second-order valence-electron chi connectivity index (χ2n) is 6.86. The molecule has 0 saturated heterocycles. The maximum atomic E-state index is 12.8. The summed E-state index contributed by atoms with van der Waals surface area (Å²) in [6.07, 6.45) is 0.457. The van der Waals surface area contributed by atoms with E-state index in [1.54, 1.807) is 0 Å². The molecule has 6 N–H and O–H groups in total. The largest absolute Gasteiger partial charge is 0.342 e. The van der Waals surface area contributed by atoms with Crippen LogP contribution in [0.4, 0.5) is 0 Å². The van der Waals surface area contributed by atoms with Crippen molar-refractivity contribution in [3.63, 3.8) is 0 Å². The summed E-state index contributed by atoms with van der Waals surface area (Å²) in [5.74, 6) is -3.96. The third-order valence-electron chi connectivity index (χ3n) is 4.11. The fraction of sp³-hybridized carbons (Fsp3) is 0.611. The van der Waals surface area contributed by atoms with E-state index in [-0.39, 0.29) is 37.9 Å². The minimum absolute atomic E-state index is 0.107. The molecule has 14 nitrogen and oxygen atoms in total. The zero-order chi connectivity index (χ0) is 26.3. The van der Waals surface area contributed by atoms with E-state index in [1.807, 2.05) is 0 Å². The van der Waals surface area contributed by atoms with E-state index in [9.17, 15) is 33.6 Å². The van der Waals surface area contributed by atoms with Crippen molar-refractivity contribution in [1.29, 1.82) is 0 Å². The number of hydrogen-bond donors (Lipinski definition) is 7. The number of nitrogens with two attached hydrogens (primary N) is 1. The van der Waals surface area contributed by atoms with Gasteiger partial charge >= 0.3 is 0 Å². The number of thiol groups is 2. The van der Waals surface area contributed by atoms with Crippen molar-refractivity contribution in [1.82, 2.24) is 31.1 Å². The van der Waals surface area contributed by atoms with Gasteiger partial charge in [0.1, 0.15) is 24.9 Å². The lowest BCUT2D eigenvalue weighted by Crippen LogP contribution is -2.57. The predicted octanol–water partition coefficient (Wildman–Crippen LogP) is -4.18. The normalized spacial score (nSPS) is 11.9. The molecule has 6 amide bonds. The summed E-state index contributed by atoms with van der Waals surface area (Å²) in [4.78, 5) is 85.0. The standard InChI is InChI=1S/C18H31N7O7S2/c1-11(27)20-9-24(3-4-26)17(31)13(7-33)23-16(30)6-25(10-21-12(2)28)18(32)14(8-34)22-15(29)5-19/h4,13-14,33-34H,3,5-10,19H2,1-2H3,(H,20,27)(H,21,28)(H,22,29)(H,23,30). The molecule has 0 aromatic rings. The van der Waals surface area contributed by atoms with Gasteiger partial charge in [-0.1, -0.05) is 0 Å². The molecule has 0 aromatic heterocycles. The lowest BCUT2D eigenvalue weighted by Gasteiger charge is -2.29. The molecule has 16 heteroatoms. The van der Waals surface area contributed by atoms with Crippen LogP contribution in [0.15, 0.2) is 0 Å². The molecule has 0 fully saturated rings. The first-order chi connectivity index (χ1) is 16.0. The van der Waals surface area contributed by atoms with Crippen LogP contribution in [0, 0.1) is 0 Å². The third kappa shape index (κ3) is 11.9. The van der Waals surface area contributed by atoms with Crippen LogP contribution in [0.2, 0.25) is 0 Å². The Balaban J connectivity index is 5.44. The first-order valence-electron chi connectivity index (χ1n) is 10.0. The summed E-state index contributed by atoms with van der Waals surface area (Å²) < 4.78 is 0. The number of nitrogens with zero attached hydrogens (tertiary/aromatic N) is 2. The Hall–Kier alpha value is -2.85. The molecule has 0 bridgehead atoms. The van der Waals surface area contributed by atoms with E-state index in [1.165, 1.54) is 13.8 Å². The van der Waals surface area contributed by atoms with Gasteiger partial charge in [-0.05, 0) is 0 Å². The Morgan fingerprint density at radius 3 is 1.68 bits per heavy atom. The van der Waals surface area contributed by atoms with Crippen molar-refractivity contribution in [2.24, 2.45) is 5.73 Å². The first kappa shape index (κ1) is 31.1. The Morgan fingerprint density at radius 1 is 0.824 bits per heavy atom. The quantitative estimate of drug-likeness (QED) is 0.0639. The van der Waals surface area contributed by atoms with Gasteiger partial charge in [0, 0.05) is 25.4 Å². The van der Waals surface area contributed by atoms with Gasteiger partial charge in [0.05, 0.1) is 26.4 Å². The van der Waals surface area contributed by atoms with E-state index in [0.29, 0.717) is 6.29 Å². The molecule has 192 valence electrons. The average molecular weight is 522 g/mol. The van der Waals surface area contributed by atoms with E-state index >= 15 is 0 Å². The van der Waals surface area contributed by atoms with E-state index in [4.69, 9.17) is 5.73 Å². The molecule has 0 aliphatic rings. The minimum Gasteiger partial charge on any atom is -0.342 e. The van der Waals surface area contributed by atoms with Crippen LogP contribution in [-0.4, -0.2) is 108 Å². The van der Waals surface area contributed by atoms with E-state index in [2.05, 4.69) is 46.5 Å². The molecule has 34 heavy (non-hydrogen) atoms. The summed E-state index contributed by atoms with van der Waals surface area (Å²) >= 11 is 8.08. The lowest BCUT2D eigenvalue weighted by atomic mass is 10.2. The molecule has 0 aliphatic heterocycles. The second-order valence-corrected chi connectivity index (χ2v) is 7.59. The first-order valence-corrected chi connectivity index (χ1v) is 11.3. The second kappa shape index (κ2) is 16.7. The monoisotopic (exact) mass is 521 g/mol. The van der Waals surface area contributed by atoms with Crippen LogP contribution in [0.5, 0.6) is 0 Å². The van der Waals surface area contributed by atoms with Gasteiger partial charge in [0.25, 0.3) is 0 Å². The fourth-order valence-corrected chi connectivity index (χ4v) is 2.92. The van der Waals surface area contributed by atoms with Gasteiger partial charge in [-0.3, -0.25) is 28.8 Å². The van der Waals surface area contributed by atoms with Crippen LogP contribution in [0.1, 0.15) is 13.8 Å². The molecule has 0 spiro atoms. The average Bonchev–Trinajstić information content (AvgIpc) is 2.79. The maximum absolute atomic E-state index is 12.8.